The van der Waals surface area contributed by atoms with Gasteiger partial charge in [0.25, 0.3) is 5.91 Å². The molecule has 3 rings (SSSR count). The summed E-state index contributed by atoms with van der Waals surface area (Å²) in [6.07, 6.45) is -3.24. The van der Waals surface area contributed by atoms with Crippen LogP contribution in [0.1, 0.15) is 29.9 Å². The summed E-state index contributed by atoms with van der Waals surface area (Å²) in [6, 6.07) is 6.27. The van der Waals surface area contributed by atoms with Gasteiger partial charge in [-0.15, -0.1) is 0 Å². The van der Waals surface area contributed by atoms with Gasteiger partial charge in [-0.05, 0) is 32.0 Å². The second-order valence-electron chi connectivity index (χ2n) is 6.91. The maximum Gasteiger partial charge on any atom is 0.416 e. The van der Waals surface area contributed by atoms with Crippen LogP contribution in [-0.2, 0) is 11.0 Å². The molecule has 9 heteroatoms. The third-order valence-corrected chi connectivity index (χ3v) is 4.55. The van der Waals surface area contributed by atoms with Crippen LogP contribution in [0.3, 0.4) is 0 Å². The van der Waals surface area contributed by atoms with E-state index < -0.39 is 11.7 Å². The van der Waals surface area contributed by atoms with Crippen LogP contribution in [-0.4, -0.2) is 46.6 Å². The van der Waals surface area contributed by atoms with E-state index in [1.54, 1.807) is 17.9 Å². The highest BCUT2D eigenvalue weighted by atomic mass is 19.4. The number of piperidine rings is 1. The maximum absolute atomic E-state index is 12.7. The number of hydrogen-bond donors (Lipinski definition) is 0. The fourth-order valence-electron chi connectivity index (χ4n) is 3.14. The van der Waals surface area contributed by atoms with E-state index in [0.717, 1.165) is 17.8 Å². The quantitative estimate of drug-likeness (QED) is 0.756. The summed E-state index contributed by atoms with van der Waals surface area (Å²) in [6.45, 7) is 4.33. The minimum Gasteiger partial charge on any atom is -0.484 e. The average molecular weight is 409 g/mol. The van der Waals surface area contributed by atoms with E-state index in [1.807, 2.05) is 6.92 Å². The van der Waals surface area contributed by atoms with Gasteiger partial charge < -0.3 is 14.4 Å². The van der Waals surface area contributed by atoms with Crippen LogP contribution >= 0.6 is 0 Å². The van der Waals surface area contributed by atoms with Gasteiger partial charge in [-0.25, -0.2) is 4.98 Å². The molecule has 0 atom stereocenters. The summed E-state index contributed by atoms with van der Waals surface area (Å²) in [4.78, 5) is 22.4. The van der Waals surface area contributed by atoms with E-state index in [2.05, 4.69) is 9.97 Å². The first-order valence-corrected chi connectivity index (χ1v) is 9.27. The Bertz CT molecular complexity index is 845. The molecule has 1 amide bonds. The molecule has 0 unspecified atom stereocenters. The number of aromatic nitrogens is 2. The first-order chi connectivity index (χ1) is 13.7. The van der Waals surface area contributed by atoms with Crippen molar-refractivity contribution in [2.75, 3.05) is 19.7 Å². The lowest BCUT2D eigenvalue weighted by Gasteiger charge is -2.32. The molecule has 0 aliphatic carbocycles. The SMILES string of the molecule is Cc1cc(OC2CCN(C(=O)COc3cccc(C(F)(F)F)c3)CC2)nc(C)n1. The maximum atomic E-state index is 12.7. The number of likely N-dealkylation sites (tertiary alicyclic amines) is 1. The third kappa shape index (κ3) is 5.82. The Labute approximate surface area is 166 Å². The van der Waals surface area contributed by atoms with E-state index >= 15 is 0 Å². The van der Waals surface area contributed by atoms with Gasteiger partial charge >= 0.3 is 6.18 Å². The first kappa shape index (κ1) is 20.9. The first-order valence-electron chi connectivity index (χ1n) is 9.27. The standard InChI is InChI=1S/C20H22F3N3O3/c1-13-10-18(25-14(2)24-13)29-16-6-8-26(9-7-16)19(27)12-28-17-5-3-4-15(11-17)20(21,22)23/h3-5,10-11,16H,6-9,12H2,1-2H3. The van der Waals surface area contributed by atoms with Crippen molar-refractivity contribution in [3.63, 3.8) is 0 Å². The topological polar surface area (TPSA) is 64.5 Å². The number of hydrogen-bond acceptors (Lipinski definition) is 5. The summed E-state index contributed by atoms with van der Waals surface area (Å²) in [5.41, 5.74) is 0.0162. The Morgan fingerprint density at radius 3 is 2.55 bits per heavy atom. The zero-order valence-electron chi connectivity index (χ0n) is 16.2. The number of carbonyl (C=O) groups excluding carboxylic acids is 1. The van der Waals surface area contributed by atoms with E-state index in [-0.39, 0.29) is 24.4 Å². The molecule has 0 bridgehead atoms. The van der Waals surface area contributed by atoms with Gasteiger partial charge in [-0.1, -0.05) is 6.07 Å². The van der Waals surface area contributed by atoms with Crippen LogP contribution in [0, 0.1) is 13.8 Å². The zero-order valence-corrected chi connectivity index (χ0v) is 16.2. The van der Waals surface area contributed by atoms with Gasteiger partial charge in [-0.3, -0.25) is 4.79 Å². The summed E-state index contributed by atoms with van der Waals surface area (Å²) >= 11 is 0. The molecule has 1 aromatic carbocycles. The Morgan fingerprint density at radius 2 is 1.90 bits per heavy atom. The van der Waals surface area contributed by atoms with Crippen molar-refractivity contribution in [1.29, 1.82) is 0 Å². The molecule has 0 N–H and O–H groups in total. The fraction of sp³-hybridized carbons (Fsp3) is 0.450. The predicted octanol–water partition coefficient (Wildman–Crippen LogP) is 3.56. The molecule has 0 spiro atoms. The molecule has 2 heterocycles. The number of aryl methyl sites for hydroxylation is 2. The van der Waals surface area contributed by atoms with Gasteiger partial charge in [0.1, 0.15) is 17.7 Å². The van der Waals surface area contributed by atoms with Crippen molar-refractivity contribution in [2.24, 2.45) is 0 Å². The summed E-state index contributed by atoms with van der Waals surface area (Å²) in [5.74, 6) is 0.905. The Kier molecular flexibility index (Phi) is 6.24. The molecular formula is C20H22F3N3O3. The largest absolute Gasteiger partial charge is 0.484 e. The number of alkyl halides is 3. The highest BCUT2D eigenvalue weighted by Crippen LogP contribution is 2.31. The average Bonchev–Trinajstić information content (AvgIpc) is 2.65. The van der Waals surface area contributed by atoms with E-state index in [9.17, 15) is 18.0 Å². The van der Waals surface area contributed by atoms with Crippen LogP contribution < -0.4 is 9.47 Å². The van der Waals surface area contributed by atoms with Crippen molar-refractivity contribution in [2.45, 2.75) is 39.0 Å². The highest BCUT2D eigenvalue weighted by molar-refractivity contribution is 5.77. The van der Waals surface area contributed by atoms with Gasteiger partial charge in [0.05, 0.1) is 5.56 Å². The van der Waals surface area contributed by atoms with Crippen LogP contribution in [0.5, 0.6) is 11.6 Å². The summed E-state index contributed by atoms with van der Waals surface area (Å²) in [5, 5.41) is 0. The van der Waals surface area contributed by atoms with Crippen LogP contribution in [0.2, 0.25) is 0 Å². The molecule has 0 saturated carbocycles. The number of nitrogens with zero attached hydrogens (tertiary/aromatic N) is 3. The van der Waals surface area contributed by atoms with E-state index in [1.165, 1.54) is 12.1 Å². The molecule has 1 fully saturated rings. The minimum absolute atomic E-state index is 0.0147. The smallest absolute Gasteiger partial charge is 0.416 e. The Morgan fingerprint density at radius 1 is 1.17 bits per heavy atom. The number of ether oxygens (including phenoxy) is 2. The highest BCUT2D eigenvalue weighted by Gasteiger charge is 2.31. The van der Waals surface area contributed by atoms with Crippen molar-refractivity contribution in [1.82, 2.24) is 14.9 Å². The molecule has 29 heavy (non-hydrogen) atoms. The molecule has 2 aromatic rings. The van der Waals surface area contributed by atoms with Gasteiger partial charge in [-0.2, -0.15) is 18.2 Å². The molecule has 1 saturated heterocycles. The number of amides is 1. The summed E-state index contributed by atoms with van der Waals surface area (Å²) < 4.78 is 49.4. The lowest BCUT2D eigenvalue weighted by Crippen LogP contribution is -2.43. The molecule has 6 nitrogen and oxygen atoms in total. The second-order valence-corrected chi connectivity index (χ2v) is 6.91. The van der Waals surface area contributed by atoms with Crippen LogP contribution in [0.15, 0.2) is 30.3 Å². The monoisotopic (exact) mass is 409 g/mol. The third-order valence-electron chi connectivity index (χ3n) is 4.55. The van der Waals surface area contributed by atoms with E-state index in [0.29, 0.717) is 37.6 Å². The lowest BCUT2D eigenvalue weighted by atomic mass is 10.1. The molecule has 156 valence electrons. The van der Waals surface area contributed by atoms with Crippen LogP contribution in [0.25, 0.3) is 0 Å². The molecule has 0 radical (unpaired) electrons. The van der Waals surface area contributed by atoms with Gasteiger partial charge in [0.2, 0.25) is 5.88 Å². The van der Waals surface area contributed by atoms with Crippen molar-refractivity contribution < 1.29 is 27.4 Å². The molecule has 1 aromatic heterocycles. The fourth-order valence-corrected chi connectivity index (χ4v) is 3.14. The minimum atomic E-state index is -4.45. The van der Waals surface area contributed by atoms with E-state index in [4.69, 9.17) is 9.47 Å². The van der Waals surface area contributed by atoms with Gasteiger partial charge in [0, 0.05) is 37.7 Å². The number of halogens is 3. The van der Waals surface area contributed by atoms with Crippen LogP contribution in [0.4, 0.5) is 13.2 Å². The Balaban J connectivity index is 1.48. The molecule has 1 aliphatic rings. The summed E-state index contributed by atoms with van der Waals surface area (Å²) in [7, 11) is 0. The Hall–Kier alpha value is -2.84. The van der Waals surface area contributed by atoms with Crippen molar-refractivity contribution >= 4 is 5.91 Å². The molecular weight excluding hydrogens is 387 g/mol. The molecule has 1 aliphatic heterocycles. The van der Waals surface area contributed by atoms with Crippen molar-refractivity contribution in [3.8, 4) is 11.6 Å². The number of rotatable bonds is 5. The number of carbonyl (C=O) groups is 1. The second kappa shape index (κ2) is 8.67. The van der Waals surface area contributed by atoms with Gasteiger partial charge in [0.15, 0.2) is 6.61 Å². The zero-order chi connectivity index (χ0) is 21.0. The predicted molar refractivity (Wildman–Crippen MR) is 98.7 cm³/mol. The number of benzene rings is 1. The lowest BCUT2D eigenvalue weighted by molar-refractivity contribution is -0.137. The normalized spacial score (nSPS) is 15.3. The van der Waals surface area contributed by atoms with Crippen molar-refractivity contribution in [3.05, 3.63) is 47.4 Å².